The van der Waals surface area contributed by atoms with Crippen LogP contribution in [0.15, 0.2) is 72.8 Å². The smallest absolute Gasteiger partial charge is 0.349 e. The second kappa shape index (κ2) is 9.02. The van der Waals surface area contributed by atoms with Crippen molar-refractivity contribution in [2.45, 2.75) is 6.42 Å². The molecule has 6 nitrogen and oxygen atoms in total. The van der Waals surface area contributed by atoms with E-state index >= 15 is 0 Å². The normalized spacial score (nSPS) is 9.76. The van der Waals surface area contributed by atoms with Crippen LogP contribution in [0.1, 0.15) is 6.42 Å². The maximum atomic E-state index is 11.8. The third-order valence-electron chi connectivity index (χ3n) is 2.92. The molecule has 0 spiro atoms. The molecule has 0 bridgehead atoms. The topological polar surface area (TPSA) is 78.9 Å². The molecule has 0 unspecified atom stereocenters. The first kappa shape index (κ1) is 17.9. The minimum absolute atomic E-state index is 0.117. The second-order valence-corrected chi connectivity index (χ2v) is 4.93. The van der Waals surface area contributed by atoms with Gasteiger partial charge in [0.15, 0.2) is 6.61 Å². The first-order valence-electron chi connectivity index (χ1n) is 7.41. The second-order valence-electron chi connectivity index (χ2n) is 4.93. The fourth-order valence-corrected chi connectivity index (χ4v) is 1.78. The highest BCUT2D eigenvalue weighted by atomic mass is 16.6. The van der Waals surface area contributed by atoms with Crippen molar-refractivity contribution < 1.29 is 28.6 Å². The van der Waals surface area contributed by atoms with Crippen LogP contribution in [-0.2, 0) is 19.1 Å². The molecule has 2 aromatic rings. The van der Waals surface area contributed by atoms with Crippen molar-refractivity contribution in [3.63, 3.8) is 0 Å². The largest absolute Gasteiger partial charge is 0.450 e. The van der Waals surface area contributed by atoms with Gasteiger partial charge in [0.1, 0.15) is 11.5 Å². The van der Waals surface area contributed by atoms with Crippen LogP contribution in [0, 0.1) is 0 Å². The molecule has 0 fully saturated rings. The molecule has 128 valence electrons. The van der Waals surface area contributed by atoms with Crippen LogP contribution in [0.2, 0.25) is 0 Å². The molecule has 0 radical (unpaired) electrons. The van der Waals surface area contributed by atoms with Crippen molar-refractivity contribution >= 4 is 17.9 Å². The van der Waals surface area contributed by atoms with Gasteiger partial charge < -0.3 is 14.2 Å². The Hall–Kier alpha value is -3.41. The minimum Gasteiger partial charge on any atom is -0.450 e. The van der Waals surface area contributed by atoms with Gasteiger partial charge in [0.25, 0.3) is 0 Å². The molecule has 0 N–H and O–H groups in total. The van der Waals surface area contributed by atoms with Crippen LogP contribution in [-0.4, -0.2) is 24.5 Å². The average molecular weight is 340 g/mol. The van der Waals surface area contributed by atoms with E-state index in [1.54, 1.807) is 60.7 Å². The highest BCUT2D eigenvalue weighted by Gasteiger charge is 2.17. The summed E-state index contributed by atoms with van der Waals surface area (Å²) in [6.45, 7) is 2.89. The predicted molar refractivity (Wildman–Crippen MR) is 88.9 cm³/mol. The van der Waals surface area contributed by atoms with Crippen molar-refractivity contribution in [3.8, 4) is 11.5 Å². The van der Waals surface area contributed by atoms with E-state index in [9.17, 15) is 14.4 Å². The monoisotopic (exact) mass is 340 g/mol. The third-order valence-corrected chi connectivity index (χ3v) is 2.92. The Morgan fingerprint density at radius 1 is 0.760 bits per heavy atom. The van der Waals surface area contributed by atoms with Gasteiger partial charge in [-0.2, -0.15) is 0 Å². The summed E-state index contributed by atoms with van der Waals surface area (Å²) in [5.41, 5.74) is -0.117. The SMILES string of the molecule is C=C(CC(=O)Oc1ccccc1)C(=O)OCC(=O)Oc1ccccc1. The van der Waals surface area contributed by atoms with Gasteiger partial charge in [0, 0.05) is 5.57 Å². The fourth-order valence-electron chi connectivity index (χ4n) is 1.78. The molecule has 0 aliphatic carbocycles. The molecule has 0 aromatic heterocycles. The van der Waals surface area contributed by atoms with E-state index in [4.69, 9.17) is 14.2 Å². The summed E-state index contributed by atoms with van der Waals surface area (Å²) in [6, 6.07) is 16.8. The van der Waals surface area contributed by atoms with Gasteiger partial charge >= 0.3 is 17.9 Å². The molecule has 6 heteroatoms. The van der Waals surface area contributed by atoms with Gasteiger partial charge in [-0.15, -0.1) is 0 Å². The zero-order valence-electron chi connectivity index (χ0n) is 13.3. The maximum Gasteiger partial charge on any atom is 0.349 e. The molecular formula is C19H16O6. The molecule has 2 aromatic carbocycles. The number of para-hydroxylation sites is 2. The zero-order chi connectivity index (χ0) is 18.1. The lowest BCUT2D eigenvalue weighted by atomic mass is 10.2. The number of carbonyl (C=O) groups excluding carboxylic acids is 3. The van der Waals surface area contributed by atoms with Crippen LogP contribution >= 0.6 is 0 Å². The van der Waals surface area contributed by atoms with Crippen LogP contribution in [0.5, 0.6) is 11.5 Å². The number of ether oxygens (including phenoxy) is 3. The van der Waals surface area contributed by atoms with E-state index in [0.29, 0.717) is 11.5 Å². The molecule has 0 saturated carbocycles. The molecule has 25 heavy (non-hydrogen) atoms. The van der Waals surface area contributed by atoms with E-state index in [2.05, 4.69) is 6.58 Å². The number of carbonyl (C=O) groups is 3. The van der Waals surface area contributed by atoms with Gasteiger partial charge in [-0.1, -0.05) is 43.0 Å². The van der Waals surface area contributed by atoms with Crippen molar-refractivity contribution in [2.75, 3.05) is 6.61 Å². The highest BCUT2D eigenvalue weighted by molar-refractivity contribution is 5.94. The third kappa shape index (κ3) is 6.31. The summed E-state index contributed by atoms with van der Waals surface area (Å²) in [5, 5.41) is 0. The quantitative estimate of drug-likeness (QED) is 0.438. The number of esters is 3. The van der Waals surface area contributed by atoms with Crippen LogP contribution < -0.4 is 9.47 Å². The maximum absolute atomic E-state index is 11.8. The molecule has 0 heterocycles. The van der Waals surface area contributed by atoms with E-state index in [1.165, 1.54) is 0 Å². The Labute approximate surface area is 144 Å². The highest BCUT2D eigenvalue weighted by Crippen LogP contribution is 2.12. The van der Waals surface area contributed by atoms with Crippen molar-refractivity contribution in [2.24, 2.45) is 0 Å². The Morgan fingerprint density at radius 3 is 1.76 bits per heavy atom. The molecule has 0 aliphatic heterocycles. The van der Waals surface area contributed by atoms with Gasteiger partial charge in [-0.05, 0) is 24.3 Å². The number of hydrogen-bond donors (Lipinski definition) is 0. The summed E-state index contributed by atoms with van der Waals surface area (Å²) < 4.78 is 14.8. The lowest BCUT2D eigenvalue weighted by Gasteiger charge is -2.08. The van der Waals surface area contributed by atoms with E-state index in [-0.39, 0.29) is 12.0 Å². The molecule has 0 saturated heterocycles. The molecule has 0 aliphatic rings. The molecule has 0 atom stereocenters. The van der Waals surface area contributed by atoms with Gasteiger partial charge in [0.2, 0.25) is 0 Å². The van der Waals surface area contributed by atoms with Crippen molar-refractivity contribution in [3.05, 3.63) is 72.8 Å². The summed E-state index contributed by atoms with van der Waals surface area (Å²) in [7, 11) is 0. The first-order valence-corrected chi connectivity index (χ1v) is 7.41. The Morgan fingerprint density at radius 2 is 1.24 bits per heavy atom. The van der Waals surface area contributed by atoms with E-state index in [1.807, 2.05) is 0 Å². The molecule has 0 amide bonds. The Bertz CT molecular complexity index is 752. The molecular weight excluding hydrogens is 324 g/mol. The number of hydrogen-bond acceptors (Lipinski definition) is 6. The van der Waals surface area contributed by atoms with Crippen LogP contribution in [0.3, 0.4) is 0 Å². The summed E-state index contributed by atoms with van der Waals surface area (Å²) in [4.78, 5) is 35.1. The minimum atomic E-state index is -0.866. The number of benzene rings is 2. The summed E-state index contributed by atoms with van der Waals surface area (Å²) >= 11 is 0. The van der Waals surface area contributed by atoms with Gasteiger partial charge in [0.05, 0.1) is 6.42 Å². The zero-order valence-corrected chi connectivity index (χ0v) is 13.3. The van der Waals surface area contributed by atoms with Gasteiger partial charge in [-0.25, -0.2) is 9.59 Å². The van der Waals surface area contributed by atoms with E-state index in [0.717, 1.165) is 0 Å². The Kier molecular flexibility index (Phi) is 6.47. The van der Waals surface area contributed by atoms with Crippen LogP contribution in [0.4, 0.5) is 0 Å². The summed E-state index contributed by atoms with van der Waals surface area (Å²) in [5.74, 6) is -1.55. The van der Waals surface area contributed by atoms with E-state index < -0.39 is 24.5 Å². The fraction of sp³-hybridized carbons (Fsp3) is 0.105. The standard InChI is InChI=1S/C19H16O6/c1-14(12-17(20)24-15-8-4-2-5-9-15)19(22)23-13-18(21)25-16-10-6-3-7-11-16/h2-11H,1,12-13H2. The first-order chi connectivity index (χ1) is 12.0. The molecule has 2 rings (SSSR count). The number of rotatable bonds is 7. The van der Waals surface area contributed by atoms with Crippen molar-refractivity contribution in [1.29, 1.82) is 0 Å². The van der Waals surface area contributed by atoms with Gasteiger partial charge in [-0.3, -0.25) is 4.79 Å². The predicted octanol–water partition coefficient (Wildman–Crippen LogP) is 2.69. The van der Waals surface area contributed by atoms with Crippen LogP contribution in [0.25, 0.3) is 0 Å². The average Bonchev–Trinajstić information content (AvgIpc) is 2.61. The Balaban J connectivity index is 1.73. The summed E-state index contributed by atoms with van der Waals surface area (Å²) in [6.07, 6.45) is -0.346. The lowest BCUT2D eigenvalue weighted by molar-refractivity contribution is -0.151. The lowest BCUT2D eigenvalue weighted by Crippen LogP contribution is -2.21. The van der Waals surface area contributed by atoms with Crippen molar-refractivity contribution in [1.82, 2.24) is 0 Å².